The zero-order valence-corrected chi connectivity index (χ0v) is 14.5. The van der Waals surface area contributed by atoms with E-state index in [1.165, 1.54) is 4.31 Å². The van der Waals surface area contributed by atoms with Gasteiger partial charge in [-0.3, -0.25) is 4.68 Å². The lowest BCUT2D eigenvalue weighted by Gasteiger charge is -2.26. The van der Waals surface area contributed by atoms with E-state index < -0.39 is 10.0 Å². The first-order valence-electron chi connectivity index (χ1n) is 7.54. The summed E-state index contributed by atoms with van der Waals surface area (Å²) >= 11 is 5.79. The molecule has 1 aromatic heterocycles. The molecule has 2 aromatic rings. The van der Waals surface area contributed by atoms with E-state index in [1.54, 1.807) is 41.3 Å². The molecule has 130 valence electrons. The molecule has 0 unspecified atom stereocenters. The Labute approximate surface area is 145 Å². The van der Waals surface area contributed by atoms with Crippen molar-refractivity contribution in [3.63, 3.8) is 0 Å². The lowest BCUT2D eigenvalue weighted by atomic mass is 10.3. The normalized spacial score (nSPS) is 16.2. The minimum Gasteiger partial charge on any atom is -0.492 e. The van der Waals surface area contributed by atoms with Crippen LogP contribution in [0.5, 0.6) is 5.75 Å². The smallest absolute Gasteiger partial charge is 0.243 e. The van der Waals surface area contributed by atoms with Crippen molar-refractivity contribution >= 4 is 21.6 Å². The van der Waals surface area contributed by atoms with E-state index in [1.807, 2.05) is 0 Å². The van der Waals surface area contributed by atoms with E-state index in [0.29, 0.717) is 50.2 Å². The van der Waals surface area contributed by atoms with Crippen molar-refractivity contribution < 1.29 is 17.9 Å². The minimum absolute atomic E-state index is 0.260. The molecule has 1 saturated heterocycles. The van der Waals surface area contributed by atoms with Gasteiger partial charge in [-0.25, -0.2) is 8.42 Å². The molecule has 7 nitrogen and oxygen atoms in total. The average Bonchev–Trinajstić information content (AvgIpc) is 3.01. The van der Waals surface area contributed by atoms with Crippen molar-refractivity contribution in [2.45, 2.75) is 11.4 Å². The number of morpholine rings is 1. The predicted molar refractivity (Wildman–Crippen MR) is 88.8 cm³/mol. The highest BCUT2D eigenvalue weighted by Crippen LogP contribution is 2.20. The van der Waals surface area contributed by atoms with E-state index in [-0.39, 0.29) is 4.90 Å². The number of rotatable bonds is 6. The third kappa shape index (κ3) is 4.07. The first kappa shape index (κ1) is 17.2. The molecule has 1 fully saturated rings. The molecule has 0 radical (unpaired) electrons. The highest BCUT2D eigenvalue weighted by atomic mass is 35.5. The minimum atomic E-state index is -3.47. The predicted octanol–water partition coefficient (Wildman–Crippen LogP) is 1.64. The monoisotopic (exact) mass is 371 g/mol. The Morgan fingerprint density at radius 3 is 2.54 bits per heavy atom. The molecule has 0 atom stereocenters. The van der Waals surface area contributed by atoms with Crippen molar-refractivity contribution in [1.29, 1.82) is 0 Å². The number of aromatic nitrogens is 2. The molecule has 0 amide bonds. The molecule has 0 bridgehead atoms. The zero-order valence-electron chi connectivity index (χ0n) is 13.0. The number of sulfonamides is 1. The van der Waals surface area contributed by atoms with E-state index >= 15 is 0 Å². The largest absolute Gasteiger partial charge is 0.492 e. The molecular weight excluding hydrogens is 354 g/mol. The van der Waals surface area contributed by atoms with Gasteiger partial charge in [-0.1, -0.05) is 11.6 Å². The van der Waals surface area contributed by atoms with Crippen molar-refractivity contribution in [3.8, 4) is 5.75 Å². The summed E-state index contributed by atoms with van der Waals surface area (Å²) in [6.45, 7) is 2.59. The summed E-state index contributed by atoms with van der Waals surface area (Å²) in [5, 5.41) is 4.63. The van der Waals surface area contributed by atoms with E-state index in [4.69, 9.17) is 21.1 Å². The number of benzene rings is 1. The van der Waals surface area contributed by atoms with Crippen LogP contribution in [-0.4, -0.2) is 55.4 Å². The molecule has 3 rings (SSSR count). The first-order valence-corrected chi connectivity index (χ1v) is 9.36. The summed E-state index contributed by atoms with van der Waals surface area (Å²) in [5.74, 6) is 0.606. The molecule has 1 aliphatic rings. The second-order valence-electron chi connectivity index (χ2n) is 5.26. The van der Waals surface area contributed by atoms with Gasteiger partial charge < -0.3 is 9.47 Å². The van der Waals surface area contributed by atoms with Crippen LogP contribution in [0.2, 0.25) is 5.02 Å². The molecule has 0 saturated carbocycles. The second kappa shape index (κ2) is 7.52. The van der Waals surface area contributed by atoms with Gasteiger partial charge in [0, 0.05) is 19.3 Å². The van der Waals surface area contributed by atoms with Gasteiger partial charge in [0.1, 0.15) is 12.4 Å². The van der Waals surface area contributed by atoms with Crippen LogP contribution in [-0.2, 0) is 21.3 Å². The third-order valence-corrected chi connectivity index (χ3v) is 5.73. The number of hydrogen-bond acceptors (Lipinski definition) is 5. The van der Waals surface area contributed by atoms with E-state index in [0.717, 1.165) is 0 Å². The lowest BCUT2D eigenvalue weighted by molar-refractivity contribution is 0.0730. The number of halogens is 1. The van der Waals surface area contributed by atoms with Crippen LogP contribution in [0, 0.1) is 0 Å². The second-order valence-corrected chi connectivity index (χ2v) is 7.63. The summed E-state index contributed by atoms with van der Waals surface area (Å²) in [6, 6.07) is 6.43. The Hall–Kier alpha value is -1.61. The Morgan fingerprint density at radius 2 is 1.92 bits per heavy atom. The molecule has 9 heteroatoms. The van der Waals surface area contributed by atoms with Gasteiger partial charge >= 0.3 is 0 Å². The van der Waals surface area contributed by atoms with E-state index in [9.17, 15) is 8.42 Å². The van der Waals surface area contributed by atoms with Gasteiger partial charge in [-0.05, 0) is 24.3 Å². The van der Waals surface area contributed by atoms with Gasteiger partial charge in [0.25, 0.3) is 0 Å². The summed E-state index contributed by atoms with van der Waals surface area (Å²) in [4.78, 5) is 0.260. The highest BCUT2D eigenvalue weighted by Gasteiger charge is 2.26. The van der Waals surface area contributed by atoms with E-state index in [2.05, 4.69) is 5.10 Å². The Bertz CT molecular complexity index is 770. The fourth-order valence-corrected chi connectivity index (χ4v) is 3.93. The van der Waals surface area contributed by atoms with Crippen LogP contribution in [0.4, 0.5) is 0 Å². The van der Waals surface area contributed by atoms with Crippen molar-refractivity contribution in [2.24, 2.45) is 0 Å². The molecule has 1 aromatic carbocycles. The average molecular weight is 372 g/mol. The summed E-state index contributed by atoms with van der Waals surface area (Å²) in [5.41, 5.74) is 0. The summed E-state index contributed by atoms with van der Waals surface area (Å²) < 4.78 is 38.9. The maximum atomic E-state index is 12.5. The van der Waals surface area contributed by atoms with Crippen LogP contribution in [0.3, 0.4) is 0 Å². The van der Waals surface area contributed by atoms with Crippen molar-refractivity contribution in [1.82, 2.24) is 14.1 Å². The lowest BCUT2D eigenvalue weighted by Crippen LogP contribution is -2.40. The van der Waals surface area contributed by atoms with Crippen LogP contribution in [0.1, 0.15) is 0 Å². The molecule has 2 heterocycles. The van der Waals surface area contributed by atoms with Gasteiger partial charge in [0.2, 0.25) is 10.0 Å². The van der Waals surface area contributed by atoms with Crippen LogP contribution in [0.25, 0.3) is 0 Å². The fourth-order valence-electron chi connectivity index (χ4n) is 2.36. The number of hydrogen-bond donors (Lipinski definition) is 0. The number of ether oxygens (including phenoxy) is 2. The maximum absolute atomic E-state index is 12.5. The Morgan fingerprint density at radius 1 is 1.21 bits per heavy atom. The standard InChI is InChI=1S/C15H18ClN3O4S/c16-13-11-17-18(12-13)5-10-23-14-1-3-15(4-2-14)24(20,21)19-6-8-22-9-7-19/h1-4,11-12H,5-10H2. The van der Waals surface area contributed by atoms with Crippen molar-refractivity contribution in [2.75, 3.05) is 32.9 Å². The van der Waals surface area contributed by atoms with Gasteiger partial charge in [-0.15, -0.1) is 0 Å². The van der Waals surface area contributed by atoms with Crippen LogP contribution >= 0.6 is 11.6 Å². The van der Waals surface area contributed by atoms with Gasteiger partial charge in [0.05, 0.1) is 35.9 Å². The molecule has 24 heavy (non-hydrogen) atoms. The van der Waals surface area contributed by atoms with Crippen molar-refractivity contribution in [3.05, 3.63) is 41.7 Å². The quantitative estimate of drug-likeness (QED) is 0.771. The first-order chi connectivity index (χ1) is 11.6. The Kier molecular flexibility index (Phi) is 5.40. The third-order valence-electron chi connectivity index (χ3n) is 3.62. The fraction of sp³-hybridized carbons (Fsp3) is 0.400. The molecule has 0 N–H and O–H groups in total. The Balaban J connectivity index is 1.58. The van der Waals surface area contributed by atoms with Gasteiger partial charge in [-0.2, -0.15) is 9.40 Å². The molecule has 0 aliphatic carbocycles. The molecular formula is C15H18ClN3O4S. The maximum Gasteiger partial charge on any atom is 0.243 e. The highest BCUT2D eigenvalue weighted by molar-refractivity contribution is 7.89. The SMILES string of the molecule is O=S(=O)(c1ccc(OCCn2cc(Cl)cn2)cc1)N1CCOCC1. The molecule has 1 aliphatic heterocycles. The summed E-state index contributed by atoms with van der Waals surface area (Å²) in [6.07, 6.45) is 3.27. The topological polar surface area (TPSA) is 73.7 Å². The van der Waals surface area contributed by atoms with Gasteiger partial charge in [0.15, 0.2) is 0 Å². The summed E-state index contributed by atoms with van der Waals surface area (Å²) in [7, 11) is -3.47. The molecule has 0 spiro atoms. The van der Waals surface area contributed by atoms with Crippen LogP contribution < -0.4 is 4.74 Å². The van der Waals surface area contributed by atoms with Crippen LogP contribution in [0.15, 0.2) is 41.6 Å². The zero-order chi connectivity index (χ0) is 17.0. The number of nitrogens with zero attached hydrogens (tertiary/aromatic N) is 3.